The van der Waals surface area contributed by atoms with Crippen LogP contribution < -0.4 is 16.8 Å². The molecule has 0 aliphatic rings. The maximum Gasteiger partial charge on any atom is 0.417 e. The summed E-state index contributed by atoms with van der Waals surface area (Å²) in [6, 6.07) is 6.91. The largest absolute Gasteiger partial charge is 0.417 e. The number of nitrogens with zero attached hydrogens (tertiary/aromatic N) is 2. The average Bonchev–Trinajstić information content (AvgIpc) is 2.68. The number of hydrogen-bond donors (Lipinski definition) is 3. The van der Waals surface area contributed by atoms with E-state index in [-0.39, 0.29) is 5.95 Å². The quantitative estimate of drug-likeness (QED) is 0.624. The number of rotatable bonds is 2. The topological polar surface area (TPSA) is 110 Å². The van der Waals surface area contributed by atoms with Gasteiger partial charge in [0, 0.05) is 11.9 Å². The van der Waals surface area contributed by atoms with E-state index in [1.165, 1.54) is 0 Å². The van der Waals surface area contributed by atoms with Gasteiger partial charge in [0.1, 0.15) is 5.82 Å². The molecule has 3 aromatic rings. The summed E-state index contributed by atoms with van der Waals surface area (Å²) >= 11 is 0. The Balaban J connectivity index is 1.97. The molecule has 0 aliphatic carbocycles. The van der Waals surface area contributed by atoms with Crippen LogP contribution >= 0.6 is 0 Å². The lowest BCUT2D eigenvalue weighted by atomic mass is 10.3. The molecule has 4 N–H and O–H groups in total. The number of benzene rings is 1. The molecule has 0 radical (unpaired) electrons. The highest BCUT2D eigenvalue weighted by Crippen LogP contribution is 2.19. The van der Waals surface area contributed by atoms with Crippen LogP contribution in [0.25, 0.3) is 11.1 Å². The van der Waals surface area contributed by atoms with E-state index in [4.69, 9.17) is 10.2 Å². The number of nitrogens with two attached hydrogens (primary N) is 1. The van der Waals surface area contributed by atoms with Crippen molar-refractivity contribution in [3.63, 3.8) is 0 Å². The van der Waals surface area contributed by atoms with Crippen molar-refractivity contribution in [1.82, 2.24) is 15.0 Å². The molecule has 7 heteroatoms. The highest BCUT2D eigenvalue weighted by molar-refractivity contribution is 5.78. The molecule has 0 amide bonds. The van der Waals surface area contributed by atoms with E-state index in [0.717, 1.165) is 5.69 Å². The Morgan fingerprint density at radius 1 is 1.33 bits per heavy atom. The fraction of sp³-hybridized carbons (Fsp3) is 0. The van der Waals surface area contributed by atoms with Crippen LogP contribution in [0.1, 0.15) is 0 Å². The zero-order chi connectivity index (χ0) is 12.5. The Morgan fingerprint density at radius 2 is 2.22 bits per heavy atom. The Morgan fingerprint density at radius 3 is 3.06 bits per heavy atom. The number of fused-ring (bicyclic) bond motifs is 1. The first kappa shape index (κ1) is 10.3. The first-order valence-electron chi connectivity index (χ1n) is 5.19. The summed E-state index contributed by atoms with van der Waals surface area (Å²) in [6.07, 6.45) is 1.56. The van der Waals surface area contributed by atoms with Crippen molar-refractivity contribution in [2.45, 2.75) is 0 Å². The van der Waals surface area contributed by atoms with Gasteiger partial charge >= 0.3 is 5.76 Å². The molecule has 0 spiro atoms. The lowest BCUT2D eigenvalue weighted by Crippen LogP contribution is -1.98. The van der Waals surface area contributed by atoms with E-state index in [9.17, 15) is 4.79 Å². The number of nitrogens with one attached hydrogen (secondary N) is 2. The smallest absolute Gasteiger partial charge is 0.408 e. The van der Waals surface area contributed by atoms with Crippen LogP contribution in [-0.4, -0.2) is 15.0 Å². The van der Waals surface area contributed by atoms with Gasteiger partial charge in [0.25, 0.3) is 0 Å². The van der Waals surface area contributed by atoms with Gasteiger partial charge in [-0.25, -0.2) is 9.78 Å². The first-order chi connectivity index (χ1) is 8.70. The highest BCUT2D eigenvalue weighted by atomic mass is 16.4. The number of aromatic nitrogens is 3. The van der Waals surface area contributed by atoms with Gasteiger partial charge in [-0.05, 0) is 24.3 Å². The predicted octanol–water partition coefficient (Wildman–Crippen LogP) is 1.24. The molecule has 0 fully saturated rings. The number of nitrogen functional groups attached to an aromatic ring is 1. The SMILES string of the molecule is Nc1nccc(Nc2ccc3oc(=O)[nH]c3c2)n1. The highest BCUT2D eigenvalue weighted by Gasteiger charge is 2.03. The maximum atomic E-state index is 11.0. The van der Waals surface area contributed by atoms with Crippen molar-refractivity contribution in [2.24, 2.45) is 0 Å². The lowest BCUT2D eigenvalue weighted by molar-refractivity contribution is 0.555. The fourth-order valence-electron chi connectivity index (χ4n) is 1.62. The molecule has 90 valence electrons. The van der Waals surface area contributed by atoms with Gasteiger partial charge in [0.05, 0.1) is 5.52 Å². The predicted molar refractivity (Wildman–Crippen MR) is 66.6 cm³/mol. The van der Waals surface area contributed by atoms with Gasteiger partial charge < -0.3 is 15.5 Å². The van der Waals surface area contributed by atoms with Crippen LogP contribution in [0.15, 0.2) is 39.7 Å². The van der Waals surface area contributed by atoms with Gasteiger partial charge in [0.15, 0.2) is 5.58 Å². The van der Waals surface area contributed by atoms with Crippen molar-refractivity contribution in [1.29, 1.82) is 0 Å². The Bertz CT molecular complexity index is 761. The number of aromatic amines is 1. The summed E-state index contributed by atoms with van der Waals surface area (Å²) in [5.41, 5.74) is 7.37. The van der Waals surface area contributed by atoms with Gasteiger partial charge in [-0.3, -0.25) is 4.98 Å². The normalized spacial score (nSPS) is 10.7. The molecule has 0 aliphatic heterocycles. The molecule has 2 heterocycles. The van der Waals surface area contributed by atoms with Gasteiger partial charge in [0.2, 0.25) is 5.95 Å². The monoisotopic (exact) mass is 243 g/mol. The molecule has 0 unspecified atom stereocenters. The maximum absolute atomic E-state index is 11.0. The Kier molecular flexibility index (Phi) is 2.23. The zero-order valence-electron chi connectivity index (χ0n) is 9.18. The van der Waals surface area contributed by atoms with Crippen molar-refractivity contribution >= 4 is 28.6 Å². The van der Waals surface area contributed by atoms with Crippen molar-refractivity contribution in [3.8, 4) is 0 Å². The van der Waals surface area contributed by atoms with Crippen molar-refractivity contribution < 1.29 is 4.42 Å². The number of oxazole rings is 1. The molecule has 0 atom stereocenters. The second-order valence-electron chi connectivity index (χ2n) is 3.65. The summed E-state index contributed by atoms with van der Waals surface area (Å²) in [7, 11) is 0. The molecule has 7 nitrogen and oxygen atoms in total. The Hall–Kier alpha value is -2.83. The average molecular weight is 243 g/mol. The molecule has 0 saturated heterocycles. The molecule has 18 heavy (non-hydrogen) atoms. The van der Waals surface area contributed by atoms with Crippen LogP contribution in [0.4, 0.5) is 17.5 Å². The third kappa shape index (κ3) is 1.88. The van der Waals surface area contributed by atoms with E-state index in [2.05, 4.69) is 20.3 Å². The van der Waals surface area contributed by atoms with Crippen LogP contribution in [-0.2, 0) is 0 Å². The standard InChI is InChI=1S/C11H9N5O2/c12-10-13-4-3-9(16-10)14-6-1-2-8-7(5-6)15-11(17)18-8/h1-5H,(H,15,17)(H3,12,13,14,16). The second-order valence-corrected chi connectivity index (χ2v) is 3.65. The number of anilines is 3. The van der Waals surface area contributed by atoms with E-state index < -0.39 is 5.76 Å². The van der Waals surface area contributed by atoms with E-state index in [0.29, 0.717) is 16.9 Å². The molecule has 3 rings (SSSR count). The summed E-state index contributed by atoms with van der Waals surface area (Å²) in [5, 5.41) is 3.05. The van der Waals surface area contributed by atoms with Crippen LogP contribution in [0.2, 0.25) is 0 Å². The van der Waals surface area contributed by atoms with Crippen LogP contribution in [0, 0.1) is 0 Å². The van der Waals surface area contributed by atoms with Crippen molar-refractivity contribution in [3.05, 3.63) is 41.0 Å². The summed E-state index contributed by atoms with van der Waals surface area (Å²) < 4.78 is 4.91. The minimum Gasteiger partial charge on any atom is -0.408 e. The van der Waals surface area contributed by atoms with Gasteiger partial charge in [-0.2, -0.15) is 4.98 Å². The summed E-state index contributed by atoms with van der Waals surface area (Å²) in [4.78, 5) is 21.4. The number of H-pyrrole nitrogens is 1. The first-order valence-corrected chi connectivity index (χ1v) is 5.19. The molecular formula is C11H9N5O2. The molecular weight excluding hydrogens is 234 g/mol. The lowest BCUT2D eigenvalue weighted by Gasteiger charge is -2.04. The minimum absolute atomic E-state index is 0.192. The van der Waals surface area contributed by atoms with Gasteiger partial charge in [-0.15, -0.1) is 0 Å². The third-order valence-electron chi connectivity index (χ3n) is 2.37. The summed E-state index contributed by atoms with van der Waals surface area (Å²) in [5.74, 6) is 0.291. The van der Waals surface area contributed by atoms with Gasteiger partial charge in [-0.1, -0.05) is 0 Å². The summed E-state index contributed by atoms with van der Waals surface area (Å²) in [6.45, 7) is 0. The zero-order valence-corrected chi connectivity index (χ0v) is 9.18. The fourth-order valence-corrected chi connectivity index (χ4v) is 1.62. The minimum atomic E-state index is -0.478. The van der Waals surface area contributed by atoms with E-state index in [1.54, 1.807) is 30.5 Å². The van der Waals surface area contributed by atoms with E-state index >= 15 is 0 Å². The Labute approximate surface area is 101 Å². The van der Waals surface area contributed by atoms with Crippen molar-refractivity contribution in [2.75, 3.05) is 11.1 Å². The number of hydrogen-bond acceptors (Lipinski definition) is 6. The molecule has 0 saturated carbocycles. The molecule has 0 bridgehead atoms. The van der Waals surface area contributed by atoms with Crippen LogP contribution in [0.3, 0.4) is 0 Å². The second kappa shape index (κ2) is 3.88. The third-order valence-corrected chi connectivity index (χ3v) is 2.37. The molecule has 1 aromatic carbocycles. The molecule has 2 aromatic heterocycles. The van der Waals surface area contributed by atoms with Crippen LogP contribution in [0.5, 0.6) is 0 Å². The van der Waals surface area contributed by atoms with E-state index in [1.807, 2.05) is 0 Å².